The maximum absolute atomic E-state index is 12.6. The Bertz CT molecular complexity index is 267. The number of carbonyl (C=O) groups excluding carboxylic acids is 1. The summed E-state index contributed by atoms with van der Waals surface area (Å²) in [5.74, 6) is -0.174. The van der Waals surface area contributed by atoms with E-state index in [-0.39, 0.29) is 5.78 Å². The Kier molecular flexibility index (Phi) is 2.03. The Morgan fingerprint density at radius 2 is 2.45 bits per heavy atom. The van der Waals surface area contributed by atoms with Crippen LogP contribution in [0.5, 0.6) is 0 Å². The smallest absolute Gasteiger partial charge is 0.189 e. The van der Waals surface area contributed by atoms with Gasteiger partial charge in [-0.05, 0) is 13.0 Å². The van der Waals surface area contributed by atoms with Crippen molar-refractivity contribution in [1.82, 2.24) is 9.78 Å². The molecule has 0 aliphatic heterocycles. The van der Waals surface area contributed by atoms with Crippen molar-refractivity contribution in [2.75, 3.05) is 0 Å². The molecule has 1 atom stereocenters. The van der Waals surface area contributed by atoms with Gasteiger partial charge in [0.25, 0.3) is 0 Å². The largest absolute Gasteiger partial charge is 0.293 e. The number of Topliss-reactive ketones (excluding diaryl/α,β-unsaturated/α-hetero) is 1. The van der Waals surface area contributed by atoms with Gasteiger partial charge in [-0.25, -0.2) is 9.07 Å². The molecule has 4 heteroatoms. The number of alkyl halides is 1. The summed E-state index contributed by atoms with van der Waals surface area (Å²) >= 11 is 0. The second kappa shape index (κ2) is 2.82. The molecule has 1 aromatic rings. The van der Waals surface area contributed by atoms with E-state index in [1.165, 1.54) is 26.1 Å². The average molecular weight is 156 g/mol. The van der Waals surface area contributed by atoms with Crippen molar-refractivity contribution in [2.45, 2.75) is 20.1 Å². The molecular weight excluding hydrogens is 147 g/mol. The predicted octanol–water partition coefficient (Wildman–Crippen LogP) is 1.57. The van der Waals surface area contributed by atoms with Crippen molar-refractivity contribution in [3.05, 3.63) is 18.0 Å². The summed E-state index contributed by atoms with van der Waals surface area (Å²) in [5, 5.41) is 3.66. The first-order chi connectivity index (χ1) is 5.13. The monoisotopic (exact) mass is 156 g/mol. The van der Waals surface area contributed by atoms with Crippen LogP contribution in [0.2, 0.25) is 0 Å². The number of ketones is 1. The van der Waals surface area contributed by atoms with E-state index < -0.39 is 6.30 Å². The van der Waals surface area contributed by atoms with E-state index in [9.17, 15) is 9.18 Å². The van der Waals surface area contributed by atoms with Crippen LogP contribution < -0.4 is 0 Å². The van der Waals surface area contributed by atoms with E-state index in [0.717, 1.165) is 4.68 Å². The van der Waals surface area contributed by atoms with Gasteiger partial charge in [0.1, 0.15) is 5.69 Å². The summed E-state index contributed by atoms with van der Waals surface area (Å²) < 4.78 is 13.7. The van der Waals surface area contributed by atoms with Crippen molar-refractivity contribution < 1.29 is 9.18 Å². The van der Waals surface area contributed by atoms with Crippen molar-refractivity contribution in [3.8, 4) is 0 Å². The van der Waals surface area contributed by atoms with Crippen LogP contribution in [0.4, 0.5) is 4.39 Å². The molecule has 0 saturated heterocycles. The van der Waals surface area contributed by atoms with Crippen molar-refractivity contribution >= 4 is 5.78 Å². The first-order valence-corrected chi connectivity index (χ1v) is 3.31. The third-order valence-electron chi connectivity index (χ3n) is 1.37. The van der Waals surface area contributed by atoms with E-state index >= 15 is 0 Å². The Balaban J connectivity index is 3.06. The first kappa shape index (κ1) is 7.91. The first-order valence-electron chi connectivity index (χ1n) is 3.31. The summed E-state index contributed by atoms with van der Waals surface area (Å²) in [5.41, 5.74) is 0.306. The second-order valence-electron chi connectivity index (χ2n) is 2.29. The van der Waals surface area contributed by atoms with Gasteiger partial charge in [-0.15, -0.1) is 0 Å². The molecule has 0 spiro atoms. The van der Waals surface area contributed by atoms with Gasteiger partial charge in [-0.2, -0.15) is 5.10 Å². The lowest BCUT2D eigenvalue weighted by Crippen LogP contribution is -2.09. The fourth-order valence-electron chi connectivity index (χ4n) is 0.877. The van der Waals surface area contributed by atoms with Crippen LogP contribution in [0.3, 0.4) is 0 Å². The van der Waals surface area contributed by atoms with E-state index in [1.807, 2.05) is 0 Å². The minimum Gasteiger partial charge on any atom is -0.293 e. The SMILES string of the molecule is CC(=O)c1ccnn1C(C)F. The fourth-order valence-corrected chi connectivity index (χ4v) is 0.877. The summed E-state index contributed by atoms with van der Waals surface area (Å²) in [7, 11) is 0. The third kappa shape index (κ3) is 1.45. The molecule has 11 heavy (non-hydrogen) atoms. The Hall–Kier alpha value is -1.19. The third-order valence-corrected chi connectivity index (χ3v) is 1.37. The fraction of sp³-hybridized carbons (Fsp3) is 0.429. The highest BCUT2D eigenvalue weighted by atomic mass is 19.1. The molecule has 0 radical (unpaired) electrons. The lowest BCUT2D eigenvalue weighted by molar-refractivity contribution is 0.0991. The highest BCUT2D eigenvalue weighted by Gasteiger charge is 2.10. The van der Waals surface area contributed by atoms with Gasteiger partial charge in [-0.3, -0.25) is 4.79 Å². The van der Waals surface area contributed by atoms with Crippen LogP contribution in [0, 0.1) is 0 Å². The Labute approximate surface area is 63.8 Å². The van der Waals surface area contributed by atoms with Crippen molar-refractivity contribution in [3.63, 3.8) is 0 Å². The summed E-state index contributed by atoms with van der Waals surface area (Å²) in [4.78, 5) is 10.8. The highest BCUT2D eigenvalue weighted by molar-refractivity contribution is 5.92. The number of rotatable bonds is 2. The standard InChI is InChI=1S/C7H9FN2O/c1-5(11)7-3-4-9-10(7)6(2)8/h3-4,6H,1-2H3. The van der Waals surface area contributed by atoms with Crippen molar-refractivity contribution in [2.24, 2.45) is 0 Å². The van der Waals surface area contributed by atoms with Crippen LogP contribution in [-0.2, 0) is 0 Å². The van der Waals surface area contributed by atoms with Gasteiger partial charge in [0.05, 0.1) is 0 Å². The number of aromatic nitrogens is 2. The Morgan fingerprint density at radius 3 is 2.82 bits per heavy atom. The van der Waals surface area contributed by atoms with E-state index in [1.54, 1.807) is 0 Å². The molecule has 60 valence electrons. The second-order valence-corrected chi connectivity index (χ2v) is 2.29. The molecule has 1 heterocycles. The van der Waals surface area contributed by atoms with E-state index in [2.05, 4.69) is 5.10 Å². The highest BCUT2D eigenvalue weighted by Crippen LogP contribution is 2.09. The van der Waals surface area contributed by atoms with Gasteiger partial charge in [0.15, 0.2) is 12.1 Å². The van der Waals surface area contributed by atoms with Crippen LogP contribution >= 0.6 is 0 Å². The van der Waals surface area contributed by atoms with Crippen LogP contribution in [-0.4, -0.2) is 15.6 Å². The molecular formula is C7H9FN2O. The van der Waals surface area contributed by atoms with Gasteiger partial charge in [0.2, 0.25) is 0 Å². The molecule has 0 aromatic carbocycles. The van der Waals surface area contributed by atoms with Gasteiger partial charge in [0, 0.05) is 13.1 Å². The molecule has 1 unspecified atom stereocenters. The molecule has 0 saturated carbocycles. The maximum Gasteiger partial charge on any atom is 0.189 e. The van der Waals surface area contributed by atoms with Crippen LogP contribution in [0.25, 0.3) is 0 Å². The van der Waals surface area contributed by atoms with Crippen LogP contribution in [0.15, 0.2) is 12.3 Å². The van der Waals surface area contributed by atoms with Gasteiger partial charge >= 0.3 is 0 Å². The quantitative estimate of drug-likeness (QED) is 0.609. The molecule has 0 aliphatic rings. The summed E-state index contributed by atoms with van der Waals surface area (Å²) in [6, 6.07) is 1.50. The van der Waals surface area contributed by atoms with Crippen LogP contribution in [0.1, 0.15) is 30.6 Å². The number of halogens is 1. The topological polar surface area (TPSA) is 34.9 Å². The summed E-state index contributed by atoms with van der Waals surface area (Å²) in [6.07, 6.45) is 0.163. The molecule has 0 fully saturated rings. The molecule has 0 N–H and O–H groups in total. The number of nitrogens with zero attached hydrogens (tertiary/aromatic N) is 2. The molecule has 0 bridgehead atoms. The van der Waals surface area contributed by atoms with Crippen molar-refractivity contribution in [1.29, 1.82) is 0 Å². The molecule has 1 aromatic heterocycles. The zero-order valence-corrected chi connectivity index (χ0v) is 6.41. The molecule has 1 rings (SSSR count). The Morgan fingerprint density at radius 1 is 1.82 bits per heavy atom. The van der Waals surface area contributed by atoms with Gasteiger partial charge < -0.3 is 0 Å². The lowest BCUT2D eigenvalue weighted by atomic mass is 10.3. The van der Waals surface area contributed by atoms with Gasteiger partial charge in [-0.1, -0.05) is 0 Å². The normalized spacial score (nSPS) is 13.0. The zero-order valence-electron chi connectivity index (χ0n) is 6.41. The number of hydrogen-bond acceptors (Lipinski definition) is 2. The number of hydrogen-bond donors (Lipinski definition) is 0. The predicted molar refractivity (Wildman–Crippen MR) is 38.1 cm³/mol. The molecule has 0 amide bonds. The average Bonchev–Trinajstić information content (AvgIpc) is 2.32. The van der Waals surface area contributed by atoms with E-state index in [0.29, 0.717) is 5.69 Å². The molecule has 3 nitrogen and oxygen atoms in total. The van der Waals surface area contributed by atoms with E-state index in [4.69, 9.17) is 0 Å². The maximum atomic E-state index is 12.6. The summed E-state index contributed by atoms with van der Waals surface area (Å²) in [6.45, 7) is 2.72. The minimum atomic E-state index is -1.25. The lowest BCUT2D eigenvalue weighted by Gasteiger charge is -2.04. The minimum absolute atomic E-state index is 0.174. The molecule has 0 aliphatic carbocycles. The zero-order chi connectivity index (χ0) is 8.43. The number of carbonyl (C=O) groups is 1.